The van der Waals surface area contributed by atoms with Gasteiger partial charge in [0.25, 0.3) is 0 Å². The van der Waals surface area contributed by atoms with Gasteiger partial charge in [0.2, 0.25) is 0 Å². The molecule has 28 heavy (non-hydrogen) atoms. The van der Waals surface area contributed by atoms with E-state index in [0.717, 1.165) is 5.56 Å². The van der Waals surface area contributed by atoms with Gasteiger partial charge < -0.3 is 24.8 Å². The van der Waals surface area contributed by atoms with Crippen molar-refractivity contribution in [3.63, 3.8) is 0 Å². The first-order valence-electron chi connectivity index (χ1n) is 8.83. The number of carbonyl (C=O) groups is 2. The number of esters is 1. The molecule has 0 aromatic heterocycles. The molecule has 7 nitrogen and oxygen atoms in total. The van der Waals surface area contributed by atoms with E-state index in [-0.39, 0.29) is 18.9 Å². The number of hydrogen-bond donors (Lipinski definition) is 2. The second-order valence-corrected chi connectivity index (χ2v) is 6.18. The van der Waals surface area contributed by atoms with Crippen molar-refractivity contribution in [3.05, 3.63) is 72.4 Å². The van der Waals surface area contributed by atoms with E-state index in [9.17, 15) is 9.59 Å². The summed E-state index contributed by atoms with van der Waals surface area (Å²) in [5.41, 5.74) is 1.00. The molecule has 1 aliphatic heterocycles. The molecule has 3 rings (SSSR count). The van der Waals surface area contributed by atoms with E-state index in [2.05, 4.69) is 17.2 Å². The SMILES string of the molecule is C=C1NC(=O)N[C@@H](c2cccc(OC)c2)[C@@H]1C(=O)OCCOc1ccccc1. The van der Waals surface area contributed by atoms with Crippen molar-refractivity contribution in [2.24, 2.45) is 5.92 Å². The van der Waals surface area contributed by atoms with Gasteiger partial charge in [-0.1, -0.05) is 36.9 Å². The normalized spacial score (nSPS) is 18.6. The number of para-hydroxylation sites is 1. The Morgan fingerprint density at radius 1 is 1.07 bits per heavy atom. The van der Waals surface area contributed by atoms with E-state index in [1.165, 1.54) is 0 Å². The molecule has 146 valence electrons. The van der Waals surface area contributed by atoms with Crippen LogP contribution in [0.5, 0.6) is 11.5 Å². The van der Waals surface area contributed by atoms with Gasteiger partial charge in [-0.3, -0.25) is 4.79 Å². The largest absolute Gasteiger partial charge is 0.497 e. The van der Waals surface area contributed by atoms with Gasteiger partial charge in [-0.15, -0.1) is 0 Å². The van der Waals surface area contributed by atoms with Gasteiger partial charge in [0.1, 0.15) is 30.6 Å². The van der Waals surface area contributed by atoms with Crippen LogP contribution in [-0.4, -0.2) is 32.3 Å². The molecule has 2 aromatic carbocycles. The fourth-order valence-electron chi connectivity index (χ4n) is 2.98. The first-order chi connectivity index (χ1) is 13.6. The Morgan fingerprint density at radius 2 is 1.82 bits per heavy atom. The number of hydrogen-bond acceptors (Lipinski definition) is 5. The van der Waals surface area contributed by atoms with Crippen molar-refractivity contribution >= 4 is 12.0 Å². The minimum absolute atomic E-state index is 0.0796. The Morgan fingerprint density at radius 3 is 2.57 bits per heavy atom. The summed E-state index contributed by atoms with van der Waals surface area (Å²) in [7, 11) is 1.55. The lowest BCUT2D eigenvalue weighted by atomic mass is 9.89. The summed E-state index contributed by atoms with van der Waals surface area (Å²) in [6.45, 7) is 4.13. The molecule has 7 heteroatoms. The smallest absolute Gasteiger partial charge is 0.319 e. The lowest BCUT2D eigenvalue weighted by Crippen LogP contribution is -2.51. The first kappa shape index (κ1) is 19.3. The zero-order valence-corrected chi connectivity index (χ0v) is 15.5. The number of carbonyl (C=O) groups excluding carboxylic acids is 2. The van der Waals surface area contributed by atoms with Gasteiger partial charge in [0.15, 0.2) is 0 Å². The summed E-state index contributed by atoms with van der Waals surface area (Å²) < 4.78 is 16.1. The van der Waals surface area contributed by atoms with Crippen LogP contribution in [0.3, 0.4) is 0 Å². The average Bonchev–Trinajstić information content (AvgIpc) is 2.71. The van der Waals surface area contributed by atoms with Crippen LogP contribution in [0.1, 0.15) is 11.6 Å². The Bertz CT molecular complexity index is 853. The van der Waals surface area contributed by atoms with Gasteiger partial charge in [-0.2, -0.15) is 0 Å². The van der Waals surface area contributed by atoms with Crippen LogP contribution in [-0.2, 0) is 9.53 Å². The van der Waals surface area contributed by atoms with Gasteiger partial charge in [0, 0.05) is 5.70 Å². The van der Waals surface area contributed by atoms with Crippen LogP contribution in [0.25, 0.3) is 0 Å². The third-order valence-electron chi connectivity index (χ3n) is 4.32. The molecule has 0 bridgehead atoms. The van der Waals surface area contributed by atoms with Crippen LogP contribution in [0.2, 0.25) is 0 Å². The highest BCUT2D eigenvalue weighted by Gasteiger charge is 2.39. The maximum atomic E-state index is 12.7. The standard InChI is InChI=1S/C21H22N2O5/c1-14-18(20(24)28-12-11-27-16-8-4-3-5-9-16)19(23-21(25)22-14)15-7-6-10-17(13-15)26-2/h3-10,13,18-19H,1,11-12H2,2H3,(H2,22,23,25)/t18-,19+/m1/s1. The van der Waals surface area contributed by atoms with Crippen LogP contribution in [0.15, 0.2) is 66.9 Å². The highest BCUT2D eigenvalue weighted by molar-refractivity contribution is 5.85. The van der Waals surface area contributed by atoms with Gasteiger partial charge >= 0.3 is 12.0 Å². The number of rotatable bonds is 7. The molecule has 2 atom stereocenters. The minimum atomic E-state index is -0.776. The second kappa shape index (κ2) is 8.94. The molecular weight excluding hydrogens is 360 g/mol. The fourth-order valence-corrected chi connectivity index (χ4v) is 2.98. The van der Waals surface area contributed by atoms with Crippen LogP contribution >= 0.6 is 0 Å². The predicted molar refractivity (Wildman–Crippen MR) is 103 cm³/mol. The Balaban J connectivity index is 1.66. The van der Waals surface area contributed by atoms with Crippen molar-refractivity contribution in [2.45, 2.75) is 6.04 Å². The van der Waals surface area contributed by atoms with Gasteiger partial charge in [-0.05, 0) is 29.8 Å². The topological polar surface area (TPSA) is 85.9 Å². The van der Waals surface area contributed by atoms with Crippen molar-refractivity contribution in [2.75, 3.05) is 20.3 Å². The van der Waals surface area contributed by atoms with E-state index >= 15 is 0 Å². The number of nitrogens with one attached hydrogen (secondary N) is 2. The first-order valence-corrected chi connectivity index (χ1v) is 8.83. The maximum absolute atomic E-state index is 12.7. The molecule has 0 aliphatic carbocycles. The molecule has 0 unspecified atom stereocenters. The molecule has 2 aromatic rings. The third-order valence-corrected chi connectivity index (χ3v) is 4.32. The lowest BCUT2D eigenvalue weighted by Gasteiger charge is -2.33. The number of benzene rings is 2. The van der Waals surface area contributed by atoms with Crippen LogP contribution in [0, 0.1) is 5.92 Å². The summed E-state index contributed by atoms with van der Waals surface area (Å²) in [4.78, 5) is 24.6. The summed E-state index contributed by atoms with van der Waals surface area (Å²) in [6, 6.07) is 15.4. The molecule has 2 N–H and O–H groups in total. The molecule has 0 saturated carbocycles. The lowest BCUT2D eigenvalue weighted by molar-refractivity contribution is -0.149. The highest BCUT2D eigenvalue weighted by atomic mass is 16.6. The van der Waals surface area contributed by atoms with Crippen LogP contribution in [0.4, 0.5) is 4.79 Å². The maximum Gasteiger partial charge on any atom is 0.319 e. The Labute approximate surface area is 163 Å². The van der Waals surface area contributed by atoms with Crippen molar-refractivity contribution in [3.8, 4) is 11.5 Å². The molecule has 1 heterocycles. The highest BCUT2D eigenvalue weighted by Crippen LogP contribution is 2.32. The number of ether oxygens (including phenoxy) is 3. The van der Waals surface area contributed by atoms with Crippen LogP contribution < -0.4 is 20.1 Å². The van der Waals surface area contributed by atoms with E-state index < -0.39 is 24.0 Å². The van der Waals surface area contributed by atoms with Gasteiger partial charge in [-0.25, -0.2) is 4.79 Å². The molecule has 0 spiro atoms. The number of urea groups is 1. The second-order valence-electron chi connectivity index (χ2n) is 6.18. The molecule has 1 aliphatic rings. The minimum Gasteiger partial charge on any atom is -0.497 e. The quantitative estimate of drug-likeness (QED) is 0.568. The van der Waals surface area contributed by atoms with E-state index in [0.29, 0.717) is 11.5 Å². The molecule has 1 fully saturated rings. The van der Waals surface area contributed by atoms with E-state index in [4.69, 9.17) is 14.2 Å². The molecule has 2 amide bonds. The Hall–Kier alpha value is -3.48. The molecule has 1 saturated heterocycles. The number of methoxy groups -OCH3 is 1. The predicted octanol–water partition coefficient (Wildman–Crippen LogP) is 2.80. The third kappa shape index (κ3) is 4.62. The fraction of sp³-hybridized carbons (Fsp3) is 0.238. The summed E-state index contributed by atoms with van der Waals surface area (Å²) in [5.74, 6) is 0.0478. The zero-order chi connectivity index (χ0) is 19.9. The summed E-state index contributed by atoms with van der Waals surface area (Å²) in [6.07, 6.45) is 0. The van der Waals surface area contributed by atoms with Crippen molar-refractivity contribution in [1.29, 1.82) is 0 Å². The number of amides is 2. The summed E-state index contributed by atoms with van der Waals surface area (Å²) >= 11 is 0. The average molecular weight is 382 g/mol. The van der Waals surface area contributed by atoms with Crippen molar-refractivity contribution in [1.82, 2.24) is 10.6 Å². The van der Waals surface area contributed by atoms with E-state index in [1.807, 2.05) is 36.4 Å². The van der Waals surface area contributed by atoms with Crippen molar-refractivity contribution < 1.29 is 23.8 Å². The zero-order valence-electron chi connectivity index (χ0n) is 15.5. The van der Waals surface area contributed by atoms with E-state index in [1.54, 1.807) is 25.3 Å². The monoisotopic (exact) mass is 382 g/mol. The molecular formula is C21H22N2O5. The summed E-state index contributed by atoms with van der Waals surface area (Å²) in [5, 5.41) is 5.31. The van der Waals surface area contributed by atoms with Gasteiger partial charge in [0.05, 0.1) is 13.2 Å². The Kier molecular flexibility index (Phi) is 6.16. The molecule has 0 radical (unpaired) electrons.